The number of hydrogen-bond donors (Lipinski definition) is 0. The number of rotatable bonds is 3. The summed E-state index contributed by atoms with van der Waals surface area (Å²) in [5, 5.41) is 0.149. The van der Waals surface area contributed by atoms with Crippen molar-refractivity contribution >= 4 is 23.4 Å². The van der Waals surface area contributed by atoms with Crippen LogP contribution in [-0.2, 0) is 11.3 Å². The van der Waals surface area contributed by atoms with Crippen molar-refractivity contribution in [3.8, 4) is 0 Å². The van der Waals surface area contributed by atoms with E-state index in [2.05, 4.69) is 36.4 Å². The standard InChI is InChI=1S/C22H19NOS/c24-22-15-21(18-11-5-2-6-12-18)25-20-14-8-7-13-19(20)23(22)16-17-9-3-1-4-10-17/h1-14,21H,15-16H2/t21-/m1/s1. The lowest BCUT2D eigenvalue weighted by Crippen LogP contribution is -2.30. The molecule has 0 saturated carbocycles. The molecular weight excluding hydrogens is 326 g/mol. The van der Waals surface area contributed by atoms with Gasteiger partial charge in [-0.2, -0.15) is 0 Å². The number of carbonyl (C=O) groups excluding carboxylic acids is 1. The summed E-state index contributed by atoms with van der Waals surface area (Å²) < 4.78 is 0. The lowest BCUT2D eigenvalue weighted by atomic mass is 10.1. The third-order valence-corrected chi connectivity index (χ3v) is 5.76. The molecule has 0 unspecified atom stereocenters. The Morgan fingerprint density at radius 2 is 1.48 bits per heavy atom. The molecule has 0 radical (unpaired) electrons. The molecule has 1 aliphatic heterocycles. The van der Waals surface area contributed by atoms with Crippen LogP contribution in [0.15, 0.2) is 89.8 Å². The Morgan fingerprint density at radius 3 is 2.24 bits per heavy atom. The maximum Gasteiger partial charge on any atom is 0.228 e. The Hall–Kier alpha value is -2.52. The van der Waals surface area contributed by atoms with Crippen LogP contribution in [0.3, 0.4) is 0 Å². The topological polar surface area (TPSA) is 20.3 Å². The molecule has 4 rings (SSSR count). The van der Waals surface area contributed by atoms with Gasteiger partial charge in [-0.15, -0.1) is 11.8 Å². The highest BCUT2D eigenvalue weighted by molar-refractivity contribution is 7.99. The lowest BCUT2D eigenvalue weighted by molar-refractivity contribution is -0.118. The molecule has 3 heteroatoms. The van der Waals surface area contributed by atoms with E-state index >= 15 is 0 Å². The Kier molecular flexibility index (Phi) is 4.57. The number of carbonyl (C=O) groups is 1. The molecule has 2 nitrogen and oxygen atoms in total. The van der Waals surface area contributed by atoms with Crippen molar-refractivity contribution < 1.29 is 4.79 Å². The fraction of sp³-hybridized carbons (Fsp3) is 0.136. The summed E-state index contributed by atoms with van der Waals surface area (Å²) in [6, 6.07) is 28.7. The third-order valence-electron chi connectivity index (χ3n) is 4.44. The number of amides is 1. The molecule has 3 aromatic rings. The minimum absolute atomic E-state index is 0.149. The van der Waals surface area contributed by atoms with Crippen LogP contribution in [-0.4, -0.2) is 5.91 Å². The van der Waals surface area contributed by atoms with Crippen LogP contribution in [0.4, 0.5) is 5.69 Å². The molecule has 1 atom stereocenters. The fourth-order valence-electron chi connectivity index (χ4n) is 3.17. The monoisotopic (exact) mass is 345 g/mol. The predicted molar refractivity (Wildman–Crippen MR) is 104 cm³/mol. The Balaban J connectivity index is 1.71. The maximum absolute atomic E-state index is 13.1. The molecule has 3 aromatic carbocycles. The summed E-state index contributed by atoms with van der Waals surface area (Å²) in [4.78, 5) is 16.2. The highest BCUT2D eigenvalue weighted by Gasteiger charge is 2.29. The normalized spacial score (nSPS) is 17.0. The number of para-hydroxylation sites is 1. The summed E-state index contributed by atoms with van der Waals surface area (Å²) >= 11 is 1.79. The number of anilines is 1. The van der Waals surface area contributed by atoms with E-state index in [0.717, 1.165) is 16.1 Å². The molecule has 0 aliphatic carbocycles. The Bertz CT molecular complexity index is 863. The van der Waals surface area contributed by atoms with Crippen LogP contribution in [0.25, 0.3) is 0 Å². The molecule has 0 aromatic heterocycles. The quantitative estimate of drug-likeness (QED) is 0.628. The molecule has 0 spiro atoms. The largest absolute Gasteiger partial charge is 0.307 e. The summed E-state index contributed by atoms with van der Waals surface area (Å²) in [5.74, 6) is 0.176. The molecule has 0 N–H and O–H groups in total. The number of nitrogens with zero attached hydrogens (tertiary/aromatic N) is 1. The zero-order valence-corrected chi connectivity index (χ0v) is 14.7. The molecule has 0 saturated heterocycles. The summed E-state index contributed by atoms with van der Waals surface area (Å²) in [6.45, 7) is 0.610. The van der Waals surface area contributed by atoms with Gasteiger partial charge < -0.3 is 4.90 Å². The highest BCUT2D eigenvalue weighted by Crippen LogP contribution is 2.45. The number of hydrogen-bond acceptors (Lipinski definition) is 2. The van der Waals surface area contributed by atoms with Crippen molar-refractivity contribution in [3.63, 3.8) is 0 Å². The second-order valence-corrected chi connectivity index (χ2v) is 7.40. The van der Waals surface area contributed by atoms with Gasteiger partial charge in [-0.1, -0.05) is 72.8 Å². The second kappa shape index (κ2) is 7.16. The SMILES string of the molecule is O=C1C[C@H](c2ccccc2)Sc2ccccc2N1Cc1ccccc1. The van der Waals surface area contributed by atoms with E-state index in [1.54, 1.807) is 11.8 Å². The van der Waals surface area contributed by atoms with Gasteiger partial charge in [0.2, 0.25) is 5.91 Å². The van der Waals surface area contributed by atoms with Crippen LogP contribution in [0, 0.1) is 0 Å². The van der Waals surface area contributed by atoms with Crippen LogP contribution < -0.4 is 4.90 Å². The first-order chi connectivity index (χ1) is 12.3. The first kappa shape index (κ1) is 16.0. The van der Waals surface area contributed by atoms with Gasteiger partial charge in [-0.3, -0.25) is 4.79 Å². The Morgan fingerprint density at radius 1 is 0.840 bits per heavy atom. The zero-order valence-electron chi connectivity index (χ0n) is 13.8. The summed E-state index contributed by atoms with van der Waals surface area (Å²) in [5.41, 5.74) is 3.37. The van der Waals surface area contributed by atoms with E-state index in [-0.39, 0.29) is 11.2 Å². The number of benzene rings is 3. The first-order valence-corrected chi connectivity index (χ1v) is 9.34. The second-order valence-electron chi connectivity index (χ2n) is 6.15. The molecule has 124 valence electrons. The van der Waals surface area contributed by atoms with Gasteiger partial charge in [-0.25, -0.2) is 0 Å². The maximum atomic E-state index is 13.1. The van der Waals surface area contributed by atoms with Crippen molar-refractivity contribution in [2.24, 2.45) is 0 Å². The number of thioether (sulfide) groups is 1. The minimum atomic E-state index is 0.149. The van der Waals surface area contributed by atoms with E-state index < -0.39 is 0 Å². The van der Waals surface area contributed by atoms with Crippen LogP contribution >= 0.6 is 11.8 Å². The molecule has 25 heavy (non-hydrogen) atoms. The first-order valence-electron chi connectivity index (χ1n) is 8.46. The smallest absolute Gasteiger partial charge is 0.228 e. The summed E-state index contributed by atoms with van der Waals surface area (Å²) in [6.07, 6.45) is 0.510. The van der Waals surface area contributed by atoms with Crippen LogP contribution in [0.5, 0.6) is 0 Å². The average molecular weight is 345 g/mol. The van der Waals surface area contributed by atoms with Crippen LogP contribution in [0.2, 0.25) is 0 Å². The molecule has 1 amide bonds. The highest BCUT2D eigenvalue weighted by atomic mass is 32.2. The molecule has 0 fully saturated rings. The van der Waals surface area contributed by atoms with E-state index in [4.69, 9.17) is 0 Å². The molecular formula is C22H19NOS. The minimum Gasteiger partial charge on any atom is -0.307 e. The zero-order chi connectivity index (χ0) is 17.1. The third kappa shape index (κ3) is 3.47. The van der Waals surface area contributed by atoms with Gasteiger partial charge in [0, 0.05) is 16.6 Å². The summed E-state index contributed by atoms with van der Waals surface area (Å²) in [7, 11) is 0. The fourth-order valence-corrected chi connectivity index (χ4v) is 4.45. The number of fused-ring (bicyclic) bond motifs is 1. The Labute approximate surface area is 152 Å². The van der Waals surface area contributed by atoms with Gasteiger partial charge >= 0.3 is 0 Å². The van der Waals surface area contributed by atoms with Crippen molar-refractivity contribution in [1.29, 1.82) is 0 Å². The van der Waals surface area contributed by atoms with Gasteiger partial charge in [-0.05, 0) is 23.3 Å². The van der Waals surface area contributed by atoms with E-state index in [1.165, 1.54) is 5.56 Å². The molecule has 0 bridgehead atoms. The van der Waals surface area contributed by atoms with E-state index in [1.807, 2.05) is 53.4 Å². The lowest BCUT2D eigenvalue weighted by Gasteiger charge is -2.22. The van der Waals surface area contributed by atoms with Crippen molar-refractivity contribution in [2.75, 3.05) is 4.90 Å². The molecule has 1 heterocycles. The van der Waals surface area contributed by atoms with E-state index in [0.29, 0.717) is 13.0 Å². The average Bonchev–Trinajstić information content (AvgIpc) is 2.80. The van der Waals surface area contributed by atoms with E-state index in [9.17, 15) is 4.79 Å². The predicted octanol–water partition coefficient (Wildman–Crippen LogP) is 5.46. The van der Waals surface area contributed by atoms with Crippen molar-refractivity contribution in [2.45, 2.75) is 23.1 Å². The van der Waals surface area contributed by atoms with Crippen LogP contribution in [0.1, 0.15) is 22.8 Å². The van der Waals surface area contributed by atoms with Gasteiger partial charge in [0.25, 0.3) is 0 Å². The van der Waals surface area contributed by atoms with Gasteiger partial charge in [0.15, 0.2) is 0 Å². The van der Waals surface area contributed by atoms with Gasteiger partial charge in [0.05, 0.1) is 12.2 Å². The molecule has 1 aliphatic rings. The van der Waals surface area contributed by atoms with Gasteiger partial charge in [0.1, 0.15) is 0 Å². The van der Waals surface area contributed by atoms with Crippen molar-refractivity contribution in [3.05, 3.63) is 96.1 Å². The van der Waals surface area contributed by atoms with Crippen molar-refractivity contribution in [1.82, 2.24) is 0 Å².